The van der Waals surface area contributed by atoms with Crippen LogP contribution in [0.3, 0.4) is 0 Å². The first-order chi connectivity index (χ1) is 10.7. The molecule has 3 atom stereocenters. The van der Waals surface area contributed by atoms with E-state index in [-0.39, 0.29) is 46.8 Å². The number of Topliss-reactive ketones (excluding diaryl/α,β-unsaturated/α-hetero) is 2. The van der Waals surface area contributed by atoms with Gasteiger partial charge >= 0.3 is 0 Å². The summed E-state index contributed by atoms with van der Waals surface area (Å²) in [6.07, 6.45) is 2.80. The summed E-state index contributed by atoms with van der Waals surface area (Å²) in [5, 5.41) is 20.5. The van der Waals surface area contributed by atoms with E-state index < -0.39 is 0 Å². The molecule has 128 valence electrons. The van der Waals surface area contributed by atoms with E-state index in [9.17, 15) is 19.8 Å². The predicted octanol–water partition coefficient (Wildman–Crippen LogP) is 4.27. The lowest BCUT2D eigenvalue weighted by atomic mass is 9.71. The van der Waals surface area contributed by atoms with Gasteiger partial charge in [-0.25, -0.2) is 0 Å². The summed E-state index contributed by atoms with van der Waals surface area (Å²) in [5.41, 5.74) is 1.09. The molecule has 0 spiro atoms. The Balaban J connectivity index is 2.18. The van der Waals surface area contributed by atoms with Gasteiger partial charge in [0.15, 0.2) is 11.6 Å². The number of aliphatic hydroxyl groups is 2. The second kappa shape index (κ2) is 6.90. The lowest BCUT2D eigenvalue weighted by molar-refractivity contribution is -0.118. The van der Waals surface area contributed by atoms with Crippen LogP contribution >= 0.6 is 0 Å². The first-order valence-electron chi connectivity index (χ1n) is 8.65. The van der Waals surface area contributed by atoms with E-state index in [1.54, 1.807) is 0 Å². The van der Waals surface area contributed by atoms with Crippen LogP contribution < -0.4 is 0 Å². The molecule has 23 heavy (non-hydrogen) atoms. The summed E-state index contributed by atoms with van der Waals surface area (Å²) < 4.78 is 0. The van der Waals surface area contributed by atoms with Crippen molar-refractivity contribution in [2.45, 2.75) is 59.8 Å². The van der Waals surface area contributed by atoms with Crippen LogP contribution in [0.4, 0.5) is 0 Å². The van der Waals surface area contributed by atoms with Gasteiger partial charge in [0.05, 0.1) is 5.76 Å². The zero-order valence-corrected chi connectivity index (χ0v) is 14.6. The molecule has 4 nitrogen and oxygen atoms in total. The van der Waals surface area contributed by atoms with Gasteiger partial charge in [0, 0.05) is 36.3 Å². The summed E-state index contributed by atoms with van der Waals surface area (Å²) in [4.78, 5) is 24.4. The Morgan fingerprint density at radius 3 is 2.26 bits per heavy atom. The highest BCUT2D eigenvalue weighted by Gasteiger charge is 2.37. The molecule has 0 heterocycles. The Labute approximate surface area is 138 Å². The third kappa shape index (κ3) is 3.51. The molecule has 0 bridgehead atoms. The normalized spacial score (nSPS) is 27.9. The molecule has 0 fully saturated rings. The first-order valence-corrected chi connectivity index (χ1v) is 8.65. The Bertz CT molecular complexity index is 568. The molecule has 0 aliphatic heterocycles. The second-order valence-electron chi connectivity index (χ2n) is 7.40. The van der Waals surface area contributed by atoms with Crippen LogP contribution in [-0.4, -0.2) is 21.8 Å². The quantitative estimate of drug-likeness (QED) is 0.811. The highest BCUT2D eigenvalue weighted by Crippen LogP contribution is 2.39. The summed E-state index contributed by atoms with van der Waals surface area (Å²) in [6, 6.07) is 0. The van der Waals surface area contributed by atoms with Gasteiger partial charge in [0.25, 0.3) is 0 Å². The average molecular weight is 320 g/mol. The van der Waals surface area contributed by atoms with Crippen molar-refractivity contribution < 1.29 is 19.8 Å². The lowest BCUT2D eigenvalue weighted by Crippen LogP contribution is -2.31. The molecule has 0 aromatic heterocycles. The van der Waals surface area contributed by atoms with E-state index in [4.69, 9.17) is 0 Å². The first kappa shape index (κ1) is 17.8. The summed E-state index contributed by atoms with van der Waals surface area (Å²) in [7, 11) is 0. The monoisotopic (exact) mass is 320 g/mol. The van der Waals surface area contributed by atoms with Crippen molar-refractivity contribution >= 4 is 11.6 Å². The Hall–Kier alpha value is -1.58. The molecule has 2 aliphatic rings. The molecule has 0 amide bonds. The third-order valence-electron chi connectivity index (χ3n) is 5.32. The van der Waals surface area contributed by atoms with Crippen LogP contribution in [0.2, 0.25) is 0 Å². The van der Waals surface area contributed by atoms with E-state index in [1.807, 2.05) is 27.7 Å². The molecular weight excluding hydrogens is 292 g/mol. The van der Waals surface area contributed by atoms with Gasteiger partial charge in [0.2, 0.25) is 0 Å². The zero-order valence-electron chi connectivity index (χ0n) is 14.6. The average Bonchev–Trinajstić information content (AvgIpc) is 2.43. The van der Waals surface area contributed by atoms with E-state index in [0.29, 0.717) is 43.3 Å². The van der Waals surface area contributed by atoms with Crippen LogP contribution in [-0.2, 0) is 9.59 Å². The molecule has 0 radical (unpaired) electrons. The molecule has 0 saturated heterocycles. The fourth-order valence-corrected chi connectivity index (χ4v) is 4.02. The Kier molecular flexibility index (Phi) is 5.33. The third-order valence-corrected chi connectivity index (χ3v) is 5.32. The number of aliphatic hydroxyl groups excluding tert-OH is 2. The highest BCUT2D eigenvalue weighted by molar-refractivity contribution is 5.98. The van der Waals surface area contributed by atoms with Crippen LogP contribution in [0.5, 0.6) is 0 Å². The van der Waals surface area contributed by atoms with Crippen LogP contribution in [0, 0.1) is 23.7 Å². The second-order valence-corrected chi connectivity index (χ2v) is 7.40. The van der Waals surface area contributed by atoms with Crippen molar-refractivity contribution in [3.63, 3.8) is 0 Å². The number of hydrogen-bond acceptors (Lipinski definition) is 4. The fraction of sp³-hybridized carbons (Fsp3) is 0.684. The molecule has 0 aromatic carbocycles. The number of rotatable bonds is 4. The molecule has 2 unspecified atom stereocenters. The van der Waals surface area contributed by atoms with E-state index in [2.05, 4.69) is 0 Å². The number of ketones is 2. The largest absolute Gasteiger partial charge is 0.512 e. The minimum absolute atomic E-state index is 0.00928. The van der Waals surface area contributed by atoms with Crippen molar-refractivity contribution in [1.82, 2.24) is 0 Å². The number of hydrogen-bond donors (Lipinski definition) is 2. The van der Waals surface area contributed by atoms with Gasteiger partial charge in [-0.2, -0.15) is 0 Å². The number of carbonyl (C=O) groups is 2. The number of allylic oxidation sites excluding steroid dienone is 4. The van der Waals surface area contributed by atoms with Crippen molar-refractivity contribution in [2.24, 2.45) is 23.7 Å². The minimum Gasteiger partial charge on any atom is -0.512 e. The van der Waals surface area contributed by atoms with Gasteiger partial charge in [-0.3, -0.25) is 9.59 Å². The smallest absolute Gasteiger partial charge is 0.162 e. The molecule has 2 aliphatic carbocycles. The maximum atomic E-state index is 12.3. The predicted molar refractivity (Wildman–Crippen MR) is 89.1 cm³/mol. The van der Waals surface area contributed by atoms with Crippen LogP contribution in [0.25, 0.3) is 0 Å². The minimum atomic E-state index is -0.0889. The van der Waals surface area contributed by atoms with Crippen molar-refractivity contribution in [3.8, 4) is 0 Å². The Morgan fingerprint density at radius 1 is 1.04 bits per heavy atom. The molecule has 0 aromatic rings. The summed E-state index contributed by atoms with van der Waals surface area (Å²) in [5.74, 6) is 0.322. The van der Waals surface area contributed by atoms with Crippen molar-refractivity contribution in [1.29, 1.82) is 0 Å². The maximum Gasteiger partial charge on any atom is 0.162 e. The lowest BCUT2D eigenvalue weighted by Gasteiger charge is -2.33. The van der Waals surface area contributed by atoms with E-state index >= 15 is 0 Å². The van der Waals surface area contributed by atoms with Gasteiger partial charge in [-0.15, -0.1) is 0 Å². The SMILES string of the molecule is CC(C)C1=C(O)C(C)C(C[C@@H](C)C2=C(O)CCCC2=O)CC1=O. The van der Waals surface area contributed by atoms with E-state index in [1.165, 1.54) is 0 Å². The van der Waals surface area contributed by atoms with Gasteiger partial charge in [-0.1, -0.05) is 27.7 Å². The topological polar surface area (TPSA) is 74.6 Å². The molecule has 0 saturated carbocycles. The van der Waals surface area contributed by atoms with Gasteiger partial charge in [-0.05, 0) is 30.6 Å². The fourth-order valence-electron chi connectivity index (χ4n) is 4.02. The van der Waals surface area contributed by atoms with E-state index in [0.717, 1.165) is 0 Å². The van der Waals surface area contributed by atoms with Crippen molar-refractivity contribution in [2.75, 3.05) is 0 Å². The zero-order chi connectivity index (χ0) is 17.3. The van der Waals surface area contributed by atoms with Crippen molar-refractivity contribution in [3.05, 3.63) is 22.7 Å². The molecular formula is C19H28O4. The maximum absolute atomic E-state index is 12.3. The molecule has 2 N–H and O–H groups in total. The summed E-state index contributed by atoms with van der Waals surface area (Å²) in [6.45, 7) is 7.72. The number of carbonyl (C=O) groups excluding carboxylic acids is 2. The molecule has 4 heteroatoms. The van der Waals surface area contributed by atoms with Crippen LogP contribution in [0.15, 0.2) is 22.7 Å². The van der Waals surface area contributed by atoms with Gasteiger partial charge < -0.3 is 10.2 Å². The standard InChI is InChI=1S/C19H28O4/c1-10(2)17-16(22)9-13(12(4)19(17)23)8-11(3)18-14(20)6-5-7-15(18)21/h10-13,20,23H,5-9H2,1-4H3/t11-,12?,13?/m1/s1. The highest BCUT2D eigenvalue weighted by atomic mass is 16.3. The van der Waals surface area contributed by atoms with Crippen LogP contribution in [0.1, 0.15) is 59.8 Å². The summed E-state index contributed by atoms with van der Waals surface area (Å²) >= 11 is 0. The Morgan fingerprint density at radius 2 is 1.70 bits per heavy atom. The molecule has 2 rings (SSSR count). The van der Waals surface area contributed by atoms with Gasteiger partial charge in [0.1, 0.15) is 5.76 Å².